The van der Waals surface area contributed by atoms with Gasteiger partial charge in [0.25, 0.3) is 0 Å². The van der Waals surface area contributed by atoms with Gasteiger partial charge in [-0.15, -0.1) is 0 Å². The van der Waals surface area contributed by atoms with Crippen LogP contribution in [0.5, 0.6) is 0 Å². The van der Waals surface area contributed by atoms with E-state index in [-0.39, 0.29) is 0 Å². The van der Waals surface area contributed by atoms with Crippen molar-refractivity contribution in [2.45, 2.75) is 38.6 Å². The minimum Gasteiger partial charge on any atom is -0.304 e. The molecule has 0 aromatic heterocycles. The minimum atomic E-state index is 0.925. The number of piperazine rings is 1. The molecule has 0 aromatic carbocycles. The van der Waals surface area contributed by atoms with E-state index >= 15 is 0 Å². The molecule has 1 saturated heterocycles. The average molecular weight is 196 g/mol. The summed E-state index contributed by atoms with van der Waals surface area (Å²) in [6.45, 7) is 7.49. The zero-order valence-electron chi connectivity index (χ0n) is 9.71. The predicted molar refractivity (Wildman–Crippen MR) is 60.5 cm³/mol. The summed E-state index contributed by atoms with van der Waals surface area (Å²) in [7, 11) is 2.24. The van der Waals surface area contributed by atoms with E-state index in [4.69, 9.17) is 0 Å². The molecule has 1 aliphatic heterocycles. The molecule has 0 spiro atoms. The highest BCUT2D eigenvalue weighted by Crippen LogP contribution is 2.31. The Kier molecular flexibility index (Phi) is 3.45. The van der Waals surface area contributed by atoms with Gasteiger partial charge >= 0.3 is 0 Å². The SMILES string of the molecule is CCC1CCC(N2CCN(C)CC2)C1. The Labute approximate surface area is 88.3 Å². The van der Waals surface area contributed by atoms with Crippen molar-refractivity contribution in [3.63, 3.8) is 0 Å². The van der Waals surface area contributed by atoms with E-state index in [1.165, 1.54) is 51.9 Å². The third-order valence-electron chi connectivity index (χ3n) is 4.15. The van der Waals surface area contributed by atoms with Crippen LogP contribution < -0.4 is 0 Å². The highest BCUT2D eigenvalue weighted by Gasteiger charge is 2.29. The van der Waals surface area contributed by atoms with Gasteiger partial charge in [-0.2, -0.15) is 0 Å². The van der Waals surface area contributed by atoms with Gasteiger partial charge in [-0.1, -0.05) is 13.3 Å². The van der Waals surface area contributed by atoms with Gasteiger partial charge in [0.15, 0.2) is 0 Å². The fourth-order valence-corrected chi connectivity index (χ4v) is 2.94. The molecule has 2 unspecified atom stereocenters. The quantitative estimate of drug-likeness (QED) is 0.664. The van der Waals surface area contributed by atoms with E-state index in [1.54, 1.807) is 0 Å². The van der Waals surface area contributed by atoms with Gasteiger partial charge < -0.3 is 4.90 Å². The van der Waals surface area contributed by atoms with Crippen molar-refractivity contribution in [2.24, 2.45) is 5.92 Å². The molecule has 2 aliphatic rings. The molecule has 0 bridgehead atoms. The van der Waals surface area contributed by atoms with Crippen LogP contribution in [0.4, 0.5) is 0 Å². The zero-order valence-corrected chi connectivity index (χ0v) is 9.71. The van der Waals surface area contributed by atoms with Crippen molar-refractivity contribution >= 4 is 0 Å². The Balaban J connectivity index is 1.79. The van der Waals surface area contributed by atoms with Crippen LogP contribution in [0.15, 0.2) is 0 Å². The molecule has 1 heterocycles. The molecule has 2 nitrogen and oxygen atoms in total. The van der Waals surface area contributed by atoms with Gasteiger partial charge in [0.1, 0.15) is 0 Å². The first-order valence-electron chi connectivity index (χ1n) is 6.22. The maximum absolute atomic E-state index is 2.73. The van der Waals surface area contributed by atoms with Gasteiger partial charge in [0, 0.05) is 32.2 Å². The summed E-state index contributed by atoms with van der Waals surface area (Å²) in [6.07, 6.45) is 5.81. The first kappa shape index (κ1) is 10.4. The Morgan fingerprint density at radius 2 is 1.79 bits per heavy atom. The Bertz CT molecular complexity index is 173. The summed E-state index contributed by atoms with van der Waals surface area (Å²) in [6, 6.07) is 0.925. The third kappa shape index (κ3) is 2.29. The molecule has 0 radical (unpaired) electrons. The van der Waals surface area contributed by atoms with E-state index in [2.05, 4.69) is 23.8 Å². The minimum absolute atomic E-state index is 0.925. The fourth-order valence-electron chi connectivity index (χ4n) is 2.94. The molecule has 2 atom stereocenters. The van der Waals surface area contributed by atoms with Crippen molar-refractivity contribution in [2.75, 3.05) is 33.2 Å². The topological polar surface area (TPSA) is 6.48 Å². The number of hydrogen-bond acceptors (Lipinski definition) is 2. The van der Waals surface area contributed by atoms with Crippen LogP contribution in [0.2, 0.25) is 0 Å². The van der Waals surface area contributed by atoms with Gasteiger partial charge in [-0.3, -0.25) is 4.90 Å². The maximum atomic E-state index is 2.73. The Morgan fingerprint density at radius 3 is 2.36 bits per heavy atom. The van der Waals surface area contributed by atoms with E-state index in [0.717, 1.165) is 12.0 Å². The molecule has 82 valence electrons. The van der Waals surface area contributed by atoms with Gasteiger partial charge in [0.05, 0.1) is 0 Å². The average Bonchev–Trinajstić information content (AvgIpc) is 2.67. The molecule has 1 aliphatic carbocycles. The van der Waals surface area contributed by atoms with Crippen LogP contribution in [0.25, 0.3) is 0 Å². The summed E-state index contributed by atoms with van der Waals surface area (Å²) < 4.78 is 0. The maximum Gasteiger partial charge on any atom is 0.0113 e. The second kappa shape index (κ2) is 4.63. The lowest BCUT2D eigenvalue weighted by Gasteiger charge is -2.36. The smallest absolute Gasteiger partial charge is 0.0113 e. The lowest BCUT2D eigenvalue weighted by Crippen LogP contribution is -2.48. The fraction of sp³-hybridized carbons (Fsp3) is 1.00. The highest BCUT2D eigenvalue weighted by molar-refractivity contribution is 4.84. The normalized spacial score (nSPS) is 36.4. The summed E-state index contributed by atoms with van der Waals surface area (Å²) in [4.78, 5) is 5.18. The van der Waals surface area contributed by atoms with Crippen LogP contribution in [0, 0.1) is 5.92 Å². The molecular formula is C12H24N2. The number of likely N-dealkylation sites (N-methyl/N-ethyl adjacent to an activating group) is 1. The van der Waals surface area contributed by atoms with Crippen LogP contribution >= 0.6 is 0 Å². The zero-order chi connectivity index (χ0) is 9.97. The van der Waals surface area contributed by atoms with Gasteiger partial charge in [0.2, 0.25) is 0 Å². The number of nitrogens with zero attached hydrogens (tertiary/aromatic N) is 2. The molecule has 2 rings (SSSR count). The first-order chi connectivity index (χ1) is 6.79. The van der Waals surface area contributed by atoms with E-state index in [0.29, 0.717) is 0 Å². The third-order valence-corrected chi connectivity index (χ3v) is 4.15. The van der Waals surface area contributed by atoms with E-state index in [9.17, 15) is 0 Å². The summed E-state index contributed by atoms with van der Waals surface area (Å²) in [5.74, 6) is 1.03. The summed E-state index contributed by atoms with van der Waals surface area (Å²) >= 11 is 0. The lowest BCUT2D eigenvalue weighted by molar-refractivity contribution is 0.111. The van der Waals surface area contributed by atoms with Crippen molar-refractivity contribution in [1.82, 2.24) is 9.80 Å². The molecule has 14 heavy (non-hydrogen) atoms. The largest absolute Gasteiger partial charge is 0.304 e. The molecule has 1 saturated carbocycles. The van der Waals surface area contributed by atoms with E-state index < -0.39 is 0 Å². The van der Waals surface area contributed by atoms with Crippen LogP contribution in [0.1, 0.15) is 32.6 Å². The van der Waals surface area contributed by atoms with Crippen LogP contribution in [0.3, 0.4) is 0 Å². The monoisotopic (exact) mass is 196 g/mol. The first-order valence-corrected chi connectivity index (χ1v) is 6.22. The van der Waals surface area contributed by atoms with Crippen LogP contribution in [-0.4, -0.2) is 49.1 Å². The van der Waals surface area contributed by atoms with Gasteiger partial charge in [-0.25, -0.2) is 0 Å². The Morgan fingerprint density at radius 1 is 1.07 bits per heavy atom. The molecule has 0 aromatic rings. The predicted octanol–water partition coefficient (Wildman–Crippen LogP) is 1.81. The standard InChI is InChI=1S/C12H24N2/c1-3-11-4-5-12(10-11)14-8-6-13(2)7-9-14/h11-12H,3-10H2,1-2H3. The van der Waals surface area contributed by atoms with Crippen LogP contribution in [-0.2, 0) is 0 Å². The van der Waals surface area contributed by atoms with E-state index in [1.807, 2.05) is 0 Å². The highest BCUT2D eigenvalue weighted by atomic mass is 15.3. The molecule has 2 heteroatoms. The van der Waals surface area contributed by atoms with Gasteiger partial charge in [-0.05, 0) is 32.2 Å². The summed E-state index contributed by atoms with van der Waals surface area (Å²) in [5.41, 5.74) is 0. The molecule has 0 amide bonds. The van der Waals surface area contributed by atoms with Crippen molar-refractivity contribution < 1.29 is 0 Å². The molecule has 0 N–H and O–H groups in total. The molecule has 2 fully saturated rings. The number of rotatable bonds is 2. The second-order valence-electron chi connectivity index (χ2n) is 5.08. The Hall–Kier alpha value is -0.0800. The summed E-state index contributed by atoms with van der Waals surface area (Å²) in [5, 5.41) is 0. The van der Waals surface area contributed by atoms with Crippen molar-refractivity contribution in [1.29, 1.82) is 0 Å². The van der Waals surface area contributed by atoms with Crippen molar-refractivity contribution in [3.05, 3.63) is 0 Å². The molecular weight excluding hydrogens is 172 g/mol. The number of hydrogen-bond donors (Lipinski definition) is 0. The lowest BCUT2D eigenvalue weighted by atomic mass is 10.1. The second-order valence-corrected chi connectivity index (χ2v) is 5.08. The van der Waals surface area contributed by atoms with Crippen molar-refractivity contribution in [3.8, 4) is 0 Å².